The van der Waals surface area contributed by atoms with Crippen molar-refractivity contribution >= 4 is 27.7 Å². The Balaban J connectivity index is 1.83. The molecule has 1 aromatic carbocycles. The summed E-state index contributed by atoms with van der Waals surface area (Å²) in [7, 11) is 0. The second-order valence-electron chi connectivity index (χ2n) is 4.98. The predicted molar refractivity (Wildman–Crippen MR) is 91.7 cm³/mol. The van der Waals surface area contributed by atoms with Gasteiger partial charge in [0.05, 0.1) is 0 Å². The lowest BCUT2D eigenvalue weighted by molar-refractivity contribution is 0.539. The maximum atomic E-state index is 13.3. The van der Waals surface area contributed by atoms with E-state index in [4.69, 9.17) is 4.42 Å². The molecule has 0 amide bonds. The fourth-order valence-electron chi connectivity index (χ4n) is 2.21. The summed E-state index contributed by atoms with van der Waals surface area (Å²) in [5, 5.41) is 9.32. The van der Waals surface area contributed by atoms with Gasteiger partial charge in [-0.25, -0.2) is 4.39 Å². The topological polar surface area (TPSA) is 43.9 Å². The predicted octanol–water partition coefficient (Wildman–Crippen LogP) is 5.14. The molecule has 0 atom stereocenters. The first-order valence-corrected chi connectivity index (χ1v) is 9.01. The molecule has 4 nitrogen and oxygen atoms in total. The molecule has 120 valence electrons. The standard InChI is InChI=1S/C16H15BrFN3OS/c1-2-8-21-15(13-6-7-14(17)22-13)19-20-16(21)23-10-11-4-3-5-12(18)9-11/h3-7,9H,2,8,10H2,1H3. The highest BCUT2D eigenvalue weighted by molar-refractivity contribution is 9.10. The minimum atomic E-state index is -0.223. The number of furan rings is 1. The number of nitrogens with zero attached hydrogens (tertiary/aromatic N) is 3. The Bertz CT molecular complexity index is 802. The molecule has 0 aliphatic carbocycles. The number of aromatic nitrogens is 3. The average Bonchev–Trinajstić information content (AvgIpc) is 3.12. The fraction of sp³-hybridized carbons (Fsp3) is 0.250. The van der Waals surface area contributed by atoms with E-state index in [1.807, 2.05) is 22.8 Å². The molecule has 0 spiro atoms. The number of halogens is 2. The van der Waals surface area contributed by atoms with E-state index in [9.17, 15) is 4.39 Å². The molecule has 0 unspecified atom stereocenters. The molecule has 3 aromatic rings. The van der Waals surface area contributed by atoms with Gasteiger partial charge in [-0.3, -0.25) is 4.57 Å². The molecule has 3 rings (SSSR count). The van der Waals surface area contributed by atoms with Crippen LogP contribution in [0.5, 0.6) is 0 Å². The Kier molecular flexibility index (Phi) is 5.17. The quantitative estimate of drug-likeness (QED) is 0.541. The van der Waals surface area contributed by atoms with Crippen molar-refractivity contribution in [1.29, 1.82) is 0 Å². The summed E-state index contributed by atoms with van der Waals surface area (Å²) < 4.78 is 21.5. The van der Waals surface area contributed by atoms with Crippen LogP contribution in [0.4, 0.5) is 4.39 Å². The van der Waals surface area contributed by atoms with Crippen molar-refractivity contribution in [3.8, 4) is 11.6 Å². The zero-order chi connectivity index (χ0) is 16.2. The monoisotopic (exact) mass is 395 g/mol. The fourth-order valence-corrected chi connectivity index (χ4v) is 3.43. The van der Waals surface area contributed by atoms with Crippen LogP contribution < -0.4 is 0 Å². The van der Waals surface area contributed by atoms with E-state index in [2.05, 4.69) is 33.1 Å². The van der Waals surface area contributed by atoms with Crippen LogP contribution in [-0.2, 0) is 12.3 Å². The van der Waals surface area contributed by atoms with Crippen molar-refractivity contribution in [1.82, 2.24) is 14.8 Å². The molecule has 0 aliphatic heterocycles. The van der Waals surface area contributed by atoms with Gasteiger partial charge in [-0.1, -0.05) is 30.8 Å². The largest absolute Gasteiger partial charge is 0.446 e. The van der Waals surface area contributed by atoms with Gasteiger partial charge in [-0.15, -0.1) is 10.2 Å². The van der Waals surface area contributed by atoms with Gasteiger partial charge in [0.1, 0.15) is 5.82 Å². The van der Waals surface area contributed by atoms with Crippen LogP contribution in [0.15, 0.2) is 50.6 Å². The molecular formula is C16H15BrFN3OS. The SMILES string of the molecule is CCCn1c(SCc2cccc(F)c2)nnc1-c1ccc(Br)o1. The van der Waals surface area contributed by atoms with Gasteiger partial charge in [-0.2, -0.15) is 0 Å². The lowest BCUT2D eigenvalue weighted by atomic mass is 10.2. The van der Waals surface area contributed by atoms with E-state index in [0.29, 0.717) is 22.0 Å². The molecule has 0 radical (unpaired) electrons. The number of hydrogen-bond donors (Lipinski definition) is 0. The van der Waals surface area contributed by atoms with E-state index in [1.165, 1.54) is 12.1 Å². The molecule has 0 saturated heterocycles. The number of benzene rings is 1. The number of thioether (sulfide) groups is 1. The first-order chi connectivity index (χ1) is 11.2. The van der Waals surface area contributed by atoms with Gasteiger partial charge in [-0.05, 0) is 52.2 Å². The normalized spacial score (nSPS) is 11.1. The molecule has 0 fully saturated rings. The molecule has 2 aromatic heterocycles. The van der Waals surface area contributed by atoms with Gasteiger partial charge in [0.2, 0.25) is 5.82 Å². The van der Waals surface area contributed by atoms with Gasteiger partial charge in [0.15, 0.2) is 15.6 Å². The maximum absolute atomic E-state index is 13.3. The van der Waals surface area contributed by atoms with Crippen LogP contribution in [0.3, 0.4) is 0 Å². The van der Waals surface area contributed by atoms with E-state index >= 15 is 0 Å². The molecular weight excluding hydrogens is 381 g/mol. The first-order valence-electron chi connectivity index (χ1n) is 7.23. The van der Waals surface area contributed by atoms with E-state index in [0.717, 1.165) is 23.7 Å². The van der Waals surface area contributed by atoms with Crippen molar-refractivity contribution in [2.75, 3.05) is 0 Å². The summed E-state index contributed by atoms with van der Waals surface area (Å²) in [5.74, 6) is 1.80. The maximum Gasteiger partial charge on any atom is 0.200 e. The van der Waals surface area contributed by atoms with Crippen LogP contribution in [0, 0.1) is 5.82 Å². The number of hydrogen-bond acceptors (Lipinski definition) is 4. The van der Waals surface area contributed by atoms with Crippen molar-refractivity contribution in [3.63, 3.8) is 0 Å². The van der Waals surface area contributed by atoms with Crippen LogP contribution in [0.2, 0.25) is 0 Å². The lowest BCUT2D eigenvalue weighted by Crippen LogP contribution is -2.01. The Labute approximate surface area is 146 Å². The number of rotatable bonds is 6. The third kappa shape index (κ3) is 3.84. The van der Waals surface area contributed by atoms with Crippen molar-refractivity contribution in [3.05, 3.63) is 52.4 Å². The second kappa shape index (κ2) is 7.31. The molecule has 0 N–H and O–H groups in total. The summed E-state index contributed by atoms with van der Waals surface area (Å²) >= 11 is 4.84. The van der Waals surface area contributed by atoms with Crippen molar-refractivity contribution < 1.29 is 8.81 Å². The Morgan fingerprint density at radius 1 is 1.26 bits per heavy atom. The third-order valence-corrected chi connectivity index (χ3v) is 4.68. The molecule has 0 bridgehead atoms. The highest BCUT2D eigenvalue weighted by Gasteiger charge is 2.16. The molecule has 23 heavy (non-hydrogen) atoms. The smallest absolute Gasteiger partial charge is 0.200 e. The zero-order valence-electron chi connectivity index (χ0n) is 12.5. The van der Waals surface area contributed by atoms with E-state index in [1.54, 1.807) is 17.8 Å². The summed E-state index contributed by atoms with van der Waals surface area (Å²) in [4.78, 5) is 0. The minimum absolute atomic E-state index is 0.223. The van der Waals surface area contributed by atoms with Crippen LogP contribution in [-0.4, -0.2) is 14.8 Å². The Hall–Kier alpha value is -1.60. The van der Waals surface area contributed by atoms with E-state index < -0.39 is 0 Å². The molecule has 0 saturated carbocycles. The highest BCUT2D eigenvalue weighted by Crippen LogP contribution is 2.29. The molecule has 7 heteroatoms. The van der Waals surface area contributed by atoms with Crippen molar-refractivity contribution in [2.24, 2.45) is 0 Å². The van der Waals surface area contributed by atoms with Crippen LogP contribution in [0.25, 0.3) is 11.6 Å². The van der Waals surface area contributed by atoms with E-state index in [-0.39, 0.29) is 5.82 Å². The van der Waals surface area contributed by atoms with Gasteiger partial charge >= 0.3 is 0 Å². The summed E-state index contributed by atoms with van der Waals surface area (Å²) in [5.41, 5.74) is 0.920. The van der Waals surface area contributed by atoms with Gasteiger partial charge in [0.25, 0.3) is 0 Å². The average molecular weight is 396 g/mol. The summed E-state index contributed by atoms with van der Waals surface area (Å²) in [6.45, 7) is 2.90. The minimum Gasteiger partial charge on any atom is -0.446 e. The highest BCUT2D eigenvalue weighted by atomic mass is 79.9. The second-order valence-corrected chi connectivity index (χ2v) is 6.70. The van der Waals surface area contributed by atoms with Crippen LogP contribution in [0.1, 0.15) is 18.9 Å². The van der Waals surface area contributed by atoms with Crippen LogP contribution >= 0.6 is 27.7 Å². The third-order valence-electron chi connectivity index (χ3n) is 3.21. The molecule has 2 heterocycles. The zero-order valence-corrected chi connectivity index (χ0v) is 14.9. The Morgan fingerprint density at radius 2 is 2.13 bits per heavy atom. The van der Waals surface area contributed by atoms with Gasteiger partial charge < -0.3 is 4.42 Å². The Morgan fingerprint density at radius 3 is 2.83 bits per heavy atom. The molecule has 0 aliphatic rings. The van der Waals surface area contributed by atoms with Crippen molar-refractivity contribution in [2.45, 2.75) is 30.8 Å². The summed E-state index contributed by atoms with van der Waals surface area (Å²) in [6.07, 6.45) is 0.959. The lowest BCUT2D eigenvalue weighted by Gasteiger charge is -2.07. The first kappa shape index (κ1) is 16.3. The summed E-state index contributed by atoms with van der Waals surface area (Å²) in [6, 6.07) is 10.3. The van der Waals surface area contributed by atoms with Gasteiger partial charge in [0, 0.05) is 12.3 Å².